The molecule has 0 radical (unpaired) electrons. The molecule has 0 aliphatic heterocycles. The number of para-hydroxylation sites is 1. The number of aryl methyl sites for hydroxylation is 1. The molecule has 0 bridgehead atoms. The molecule has 0 amide bonds. The molecule has 2 N–H and O–H groups in total. The first-order chi connectivity index (χ1) is 12.8. The van der Waals surface area contributed by atoms with E-state index in [1.807, 2.05) is 12.3 Å². The van der Waals surface area contributed by atoms with Crippen LogP contribution in [0.5, 0.6) is 0 Å². The lowest BCUT2D eigenvalue weighted by atomic mass is 10.3. The average molecular weight is 408 g/mol. The molecule has 27 heavy (non-hydrogen) atoms. The van der Waals surface area contributed by atoms with Crippen LogP contribution in [0.15, 0.2) is 52.7 Å². The molecule has 140 valence electrons. The number of benzene rings is 2. The van der Waals surface area contributed by atoms with Gasteiger partial charge in [0.15, 0.2) is 10.0 Å². The predicted octanol–water partition coefficient (Wildman–Crippen LogP) is 4.04. The first-order valence-electron chi connectivity index (χ1n) is 7.51. The van der Waals surface area contributed by atoms with Crippen LogP contribution in [0, 0.1) is 22.9 Å². The van der Waals surface area contributed by atoms with Crippen molar-refractivity contribution in [1.29, 1.82) is 0 Å². The Kier molecular flexibility index (Phi) is 5.06. The zero-order valence-corrected chi connectivity index (χ0v) is 15.5. The van der Waals surface area contributed by atoms with Gasteiger partial charge >= 0.3 is 5.69 Å². The fraction of sp³-hybridized carbons (Fsp3) is 0.0625. The number of nitro benzene ring substituents is 1. The molecule has 3 aromatic rings. The Labute approximate surface area is 157 Å². The predicted molar refractivity (Wildman–Crippen MR) is 100 cm³/mol. The van der Waals surface area contributed by atoms with Crippen LogP contribution in [0.3, 0.4) is 0 Å². The summed E-state index contributed by atoms with van der Waals surface area (Å²) in [6, 6.07) is 9.18. The van der Waals surface area contributed by atoms with Crippen molar-refractivity contribution in [2.45, 2.75) is 11.8 Å². The second-order valence-corrected chi connectivity index (χ2v) is 7.96. The van der Waals surface area contributed by atoms with Crippen molar-refractivity contribution in [3.8, 4) is 0 Å². The summed E-state index contributed by atoms with van der Waals surface area (Å²) in [5, 5.41) is 16.6. The first kappa shape index (κ1) is 18.7. The Hall–Kier alpha value is -3.05. The van der Waals surface area contributed by atoms with Crippen molar-refractivity contribution in [2.75, 3.05) is 10.0 Å². The third-order valence-electron chi connectivity index (χ3n) is 3.41. The van der Waals surface area contributed by atoms with Crippen LogP contribution in [-0.4, -0.2) is 18.3 Å². The SMILES string of the molecule is Cc1csc(Nc2cccc(NS(=O)(=O)c3cccc(F)c3[N+](=O)[O-])c2)n1. The highest BCUT2D eigenvalue weighted by molar-refractivity contribution is 7.92. The van der Waals surface area contributed by atoms with E-state index in [1.165, 1.54) is 23.5 Å². The third kappa shape index (κ3) is 4.20. The fourth-order valence-electron chi connectivity index (χ4n) is 2.30. The molecular weight excluding hydrogens is 395 g/mol. The maximum absolute atomic E-state index is 13.7. The van der Waals surface area contributed by atoms with Gasteiger partial charge in [0, 0.05) is 11.1 Å². The van der Waals surface area contributed by atoms with E-state index in [2.05, 4.69) is 15.0 Å². The van der Waals surface area contributed by atoms with Crippen LogP contribution in [0.25, 0.3) is 0 Å². The van der Waals surface area contributed by atoms with Crippen LogP contribution in [-0.2, 0) is 10.0 Å². The zero-order valence-electron chi connectivity index (χ0n) is 13.8. The largest absolute Gasteiger partial charge is 0.331 e. The van der Waals surface area contributed by atoms with Gasteiger partial charge in [-0.3, -0.25) is 14.8 Å². The highest BCUT2D eigenvalue weighted by Gasteiger charge is 2.29. The number of halogens is 1. The summed E-state index contributed by atoms with van der Waals surface area (Å²) in [5.41, 5.74) is 0.473. The third-order valence-corrected chi connectivity index (χ3v) is 5.70. The Morgan fingerprint density at radius 2 is 1.89 bits per heavy atom. The second kappa shape index (κ2) is 7.29. The molecule has 0 fully saturated rings. The number of hydrogen-bond donors (Lipinski definition) is 2. The average Bonchev–Trinajstić information content (AvgIpc) is 2.99. The summed E-state index contributed by atoms with van der Waals surface area (Å²) >= 11 is 1.39. The van der Waals surface area contributed by atoms with Gasteiger partial charge in [-0.25, -0.2) is 13.4 Å². The number of thiazole rings is 1. The summed E-state index contributed by atoms with van der Waals surface area (Å²) < 4.78 is 41.0. The molecule has 3 rings (SSSR count). The molecule has 0 spiro atoms. The van der Waals surface area contributed by atoms with Gasteiger partial charge in [-0.05, 0) is 37.3 Å². The lowest BCUT2D eigenvalue weighted by Crippen LogP contribution is -2.15. The summed E-state index contributed by atoms with van der Waals surface area (Å²) in [5.74, 6) is -1.22. The molecular formula is C16H13FN4O4S2. The van der Waals surface area contributed by atoms with Gasteiger partial charge in [0.1, 0.15) is 0 Å². The highest BCUT2D eigenvalue weighted by Crippen LogP contribution is 2.29. The van der Waals surface area contributed by atoms with Crippen molar-refractivity contribution >= 4 is 43.6 Å². The van der Waals surface area contributed by atoms with E-state index in [0.717, 1.165) is 23.9 Å². The second-order valence-electron chi connectivity index (χ2n) is 5.45. The molecule has 1 heterocycles. The van der Waals surface area contributed by atoms with Crippen LogP contribution >= 0.6 is 11.3 Å². The quantitative estimate of drug-likeness (QED) is 0.470. The van der Waals surface area contributed by atoms with Gasteiger partial charge in [-0.15, -0.1) is 11.3 Å². The number of rotatable bonds is 6. The van der Waals surface area contributed by atoms with Crippen LogP contribution in [0.1, 0.15) is 5.69 Å². The van der Waals surface area contributed by atoms with Crippen LogP contribution in [0.2, 0.25) is 0 Å². The smallest absolute Gasteiger partial charge is 0.325 e. The molecule has 0 aliphatic rings. The van der Waals surface area contributed by atoms with E-state index in [9.17, 15) is 22.9 Å². The number of nitrogens with one attached hydrogen (secondary N) is 2. The summed E-state index contributed by atoms with van der Waals surface area (Å²) in [6.45, 7) is 1.85. The van der Waals surface area contributed by atoms with E-state index >= 15 is 0 Å². The number of hydrogen-bond acceptors (Lipinski definition) is 7. The van der Waals surface area contributed by atoms with Crippen LogP contribution < -0.4 is 10.0 Å². The maximum atomic E-state index is 13.7. The van der Waals surface area contributed by atoms with Gasteiger partial charge in [-0.1, -0.05) is 12.1 Å². The molecule has 0 saturated heterocycles. The molecule has 0 saturated carbocycles. The van der Waals surface area contributed by atoms with E-state index < -0.39 is 31.3 Å². The monoisotopic (exact) mass is 408 g/mol. The molecule has 11 heteroatoms. The molecule has 8 nitrogen and oxygen atoms in total. The molecule has 0 aliphatic carbocycles. The lowest BCUT2D eigenvalue weighted by molar-refractivity contribution is -0.390. The van der Waals surface area contributed by atoms with Crippen molar-refractivity contribution in [2.24, 2.45) is 0 Å². The topological polar surface area (TPSA) is 114 Å². The highest BCUT2D eigenvalue weighted by atomic mass is 32.2. The summed E-state index contributed by atoms with van der Waals surface area (Å²) in [4.78, 5) is 13.5. The maximum Gasteiger partial charge on any atom is 0.325 e. The minimum absolute atomic E-state index is 0.159. The number of nitro groups is 1. The number of aromatic nitrogens is 1. The van der Waals surface area contributed by atoms with E-state index in [0.29, 0.717) is 10.8 Å². The fourth-order valence-corrected chi connectivity index (χ4v) is 4.23. The molecule has 2 aromatic carbocycles. The standard InChI is InChI=1S/C16H13FN4O4S2/c1-10-9-26-16(18-10)19-11-4-2-5-12(8-11)20-27(24,25)14-7-3-6-13(17)15(14)21(22)23/h2-9,20H,1H3,(H,18,19). The number of sulfonamides is 1. The van der Waals surface area contributed by atoms with Crippen LogP contribution in [0.4, 0.5) is 26.6 Å². The summed E-state index contributed by atoms with van der Waals surface area (Å²) in [6.07, 6.45) is 0. The van der Waals surface area contributed by atoms with Crippen molar-refractivity contribution in [1.82, 2.24) is 4.98 Å². The van der Waals surface area contributed by atoms with Gasteiger partial charge in [0.05, 0.1) is 16.3 Å². The van der Waals surface area contributed by atoms with E-state index in [1.54, 1.807) is 12.1 Å². The lowest BCUT2D eigenvalue weighted by Gasteiger charge is -2.10. The van der Waals surface area contributed by atoms with Gasteiger partial charge < -0.3 is 5.32 Å². The van der Waals surface area contributed by atoms with Gasteiger partial charge in [0.25, 0.3) is 10.0 Å². The van der Waals surface area contributed by atoms with Crippen molar-refractivity contribution < 1.29 is 17.7 Å². The summed E-state index contributed by atoms with van der Waals surface area (Å²) in [7, 11) is -4.37. The van der Waals surface area contributed by atoms with Crippen molar-refractivity contribution in [3.05, 3.63) is 69.5 Å². The Bertz CT molecular complexity index is 1120. The Morgan fingerprint density at radius 3 is 2.56 bits per heavy atom. The zero-order chi connectivity index (χ0) is 19.6. The molecule has 0 atom stereocenters. The number of anilines is 3. The Morgan fingerprint density at radius 1 is 1.19 bits per heavy atom. The molecule has 0 unspecified atom stereocenters. The number of nitrogens with zero attached hydrogens (tertiary/aromatic N) is 2. The first-order valence-corrected chi connectivity index (χ1v) is 9.87. The normalized spacial score (nSPS) is 11.2. The van der Waals surface area contributed by atoms with Gasteiger partial charge in [0.2, 0.25) is 5.82 Å². The molecule has 1 aromatic heterocycles. The van der Waals surface area contributed by atoms with Gasteiger partial charge in [-0.2, -0.15) is 4.39 Å². The van der Waals surface area contributed by atoms with E-state index in [-0.39, 0.29) is 5.69 Å². The van der Waals surface area contributed by atoms with Crippen molar-refractivity contribution in [3.63, 3.8) is 0 Å². The van der Waals surface area contributed by atoms with E-state index in [4.69, 9.17) is 0 Å². The minimum Gasteiger partial charge on any atom is -0.331 e. The Balaban J connectivity index is 1.90. The minimum atomic E-state index is -4.37.